The normalized spacial score (nSPS) is 10.3. The van der Waals surface area contributed by atoms with Crippen molar-refractivity contribution in [2.45, 2.75) is 0 Å². The van der Waals surface area contributed by atoms with E-state index in [1.807, 2.05) is 30.3 Å². The summed E-state index contributed by atoms with van der Waals surface area (Å²) in [5, 5.41) is 4.39. The number of ether oxygens (including phenoxy) is 2. The Morgan fingerprint density at radius 1 is 0.839 bits per heavy atom. The minimum atomic E-state index is -0.474. The Kier molecular flexibility index (Phi) is 8.21. The summed E-state index contributed by atoms with van der Waals surface area (Å²) in [6.45, 7) is -0.469. The second-order valence-corrected chi connectivity index (χ2v) is 8.30. The van der Waals surface area contributed by atoms with Crippen LogP contribution in [-0.2, 0) is 9.59 Å². The van der Waals surface area contributed by atoms with E-state index in [0.29, 0.717) is 11.5 Å². The Balaban J connectivity index is 1.39. The van der Waals surface area contributed by atoms with Crippen LogP contribution in [0.5, 0.6) is 11.5 Å². The van der Waals surface area contributed by atoms with E-state index in [1.165, 1.54) is 0 Å². The van der Waals surface area contributed by atoms with Crippen LogP contribution in [0.1, 0.15) is 0 Å². The van der Waals surface area contributed by atoms with Crippen molar-refractivity contribution in [3.05, 3.63) is 69.6 Å². The van der Waals surface area contributed by atoms with E-state index in [1.54, 1.807) is 30.3 Å². The third-order valence-electron chi connectivity index (χ3n) is 3.94. The summed E-state index contributed by atoms with van der Waals surface area (Å²) in [7, 11) is 0. The van der Waals surface area contributed by atoms with Crippen molar-refractivity contribution < 1.29 is 19.1 Å². The molecule has 2 amide bonds. The van der Waals surface area contributed by atoms with Gasteiger partial charge in [-0.25, -0.2) is 0 Å². The molecule has 0 atom stereocenters. The summed E-state index contributed by atoms with van der Waals surface area (Å²) < 4.78 is 12.6. The van der Waals surface area contributed by atoms with Crippen molar-refractivity contribution in [1.82, 2.24) is 16.2 Å². The molecule has 3 N–H and O–H groups in total. The SMILES string of the molecule is O=C(COc1ccc(Br)cc1)NNC(=S)NC(=O)COc1ccc2ccccc2c1Br. The molecule has 160 valence electrons. The van der Waals surface area contributed by atoms with E-state index in [9.17, 15) is 9.59 Å². The van der Waals surface area contributed by atoms with E-state index < -0.39 is 11.8 Å². The number of fused-ring (bicyclic) bond motifs is 1. The number of benzene rings is 3. The molecule has 3 rings (SSSR count). The van der Waals surface area contributed by atoms with Crippen molar-refractivity contribution in [3.8, 4) is 11.5 Å². The first-order chi connectivity index (χ1) is 14.9. The van der Waals surface area contributed by atoms with Crippen LogP contribution in [0.25, 0.3) is 10.8 Å². The van der Waals surface area contributed by atoms with Crippen molar-refractivity contribution in [3.63, 3.8) is 0 Å². The maximum Gasteiger partial charge on any atom is 0.276 e. The van der Waals surface area contributed by atoms with Gasteiger partial charge in [-0.2, -0.15) is 0 Å². The fraction of sp³-hybridized carbons (Fsp3) is 0.0952. The Morgan fingerprint density at radius 2 is 1.55 bits per heavy atom. The minimum Gasteiger partial charge on any atom is -0.484 e. The molecule has 0 bridgehead atoms. The number of thiocarbonyl (C=S) groups is 1. The van der Waals surface area contributed by atoms with Gasteiger partial charge in [0.1, 0.15) is 11.5 Å². The molecule has 0 aliphatic heterocycles. The van der Waals surface area contributed by atoms with Crippen molar-refractivity contribution in [1.29, 1.82) is 0 Å². The highest BCUT2D eigenvalue weighted by Gasteiger charge is 2.10. The number of hydrazine groups is 1. The van der Waals surface area contributed by atoms with E-state index in [0.717, 1.165) is 19.7 Å². The zero-order chi connectivity index (χ0) is 22.2. The molecule has 0 radical (unpaired) electrons. The van der Waals surface area contributed by atoms with Crippen LogP contribution < -0.4 is 25.6 Å². The number of carbonyl (C=O) groups excluding carboxylic acids is 2. The number of carbonyl (C=O) groups is 2. The highest BCUT2D eigenvalue weighted by atomic mass is 79.9. The average Bonchev–Trinajstić information content (AvgIpc) is 2.77. The van der Waals surface area contributed by atoms with Gasteiger partial charge >= 0.3 is 0 Å². The highest BCUT2D eigenvalue weighted by molar-refractivity contribution is 9.11. The van der Waals surface area contributed by atoms with Gasteiger partial charge in [-0.1, -0.05) is 46.3 Å². The van der Waals surface area contributed by atoms with Crippen molar-refractivity contribution in [2.24, 2.45) is 0 Å². The van der Waals surface area contributed by atoms with Gasteiger partial charge < -0.3 is 9.47 Å². The monoisotopic (exact) mass is 565 g/mol. The molecule has 0 aromatic heterocycles. The smallest absolute Gasteiger partial charge is 0.276 e. The molecular weight excluding hydrogens is 550 g/mol. The third kappa shape index (κ3) is 6.91. The molecule has 7 nitrogen and oxygen atoms in total. The van der Waals surface area contributed by atoms with Gasteiger partial charge in [0.05, 0.1) is 4.47 Å². The summed E-state index contributed by atoms with van der Waals surface area (Å²) in [6, 6.07) is 18.5. The fourth-order valence-corrected chi connectivity index (χ4v) is 3.54. The topological polar surface area (TPSA) is 88.7 Å². The molecule has 0 spiro atoms. The van der Waals surface area contributed by atoms with Gasteiger partial charge in [-0.05, 0) is 69.3 Å². The molecule has 0 saturated heterocycles. The molecule has 0 aliphatic carbocycles. The number of hydrogen-bond acceptors (Lipinski definition) is 5. The van der Waals surface area contributed by atoms with Gasteiger partial charge in [0, 0.05) is 4.47 Å². The third-order valence-corrected chi connectivity index (χ3v) is 5.49. The zero-order valence-electron chi connectivity index (χ0n) is 16.0. The van der Waals surface area contributed by atoms with Gasteiger partial charge in [0.15, 0.2) is 18.3 Å². The van der Waals surface area contributed by atoms with E-state index in [-0.39, 0.29) is 18.3 Å². The van der Waals surface area contributed by atoms with Gasteiger partial charge in [0.25, 0.3) is 11.8 Å². The first-order valence-corrected chi connectivity index (χ1v) is 11.0. The summed E-state index contributed by atoms with van der Waals surface area (Å²) in [4.78, 5) is 23.9. The molecule has 0 saturated carbocycles. The van der Waals surface area contributed by atoms with Gasteiger partial charge in [-0.15, -0.1) is 0 Å². The summed E-state index contributed by atoms with van der Waals surface area (Å²) in [5.41, 5.74) is 4.79. The molecule has 0 heterocycles. The first-order valence-electron chi connectivity index (χ1n) is 8.99. The van der Waals surface area contributed by atoms with Crippen LogP contribution in [0.2, 0.25) is 0 Å². The van der Waals surface area contributed by atoms with E-state index in [4.69, 9.17) is 21.7 Å². The predicted octanol–water partition coefficient (Wildman–Crippen LogP) is 3.84. The van der Waals surface area contributed by atoms with Crippen LogP contribution in [-0.4, -0.2) is 30.1 Å². The second kappa shape index (κ2) is 11.1. The standard InChI is InChI=1S/C21H17Br2N3O4S/c22-14-6-8-15(9-7-14)29-12-19(28)25-26-21(31)24-18(27)11-30-17-10-5-13-3-1-2-4-16(13)20(17)23/h1-10H,11-12H2,(H,25,28)(H2,24,26,27,31). The second-order valence-electron chi connectivity index (χ2n) is 6.18. The summed E-state index contributed by atoms with van der Waals surface area (Å²) in [6.07, 6.45) is 0. The van der Waals surface area contributed by atoms with Crippen LogP contribution >= 0.6 is 44.1 Å². The molecule has 0 aliphatic rings. The lowest BCUT2D eigenvalue weighted by atomic mass is 10.1. The lowest BCUT2D eigenvalue weighted by Crippen LogP contribution is -2.50. The zero-order valence-corrected chi connectivity index (χ0v) is 20.0. The number of hydrogen-bond donors (Lipinski definition) is 3. The molecule has 0 unspecified atom stereocenters. The van der Waals surface area contributed by atoms with Gasteiger partial charge in [-0.3, -0.25) is 25.8 Å². The fourth-order valence-electron chi connectivity index (χ4n) is 2.50. The van der Waals surface area contributed by atoms with E-state index in [2.05, 4.69) is 48.0 Å². The summed E-state index contributed by atoms with van der Waals surface area (Å²) >= 11 is 11.8. The van der Waals surface area contributed by atoms with Gasteiger partial charge in [0.2, 0.25) is 0 Å². The number of amides is 2. The largest absolute Gasteiger partial charge is 0.484 e. The number of halogens is 2. The molecular formula is C21H17Br2N3O4S. The van der Waals surface area contributed by atoms with E-state index >= 15 is 0 Å². The number of nitrogens with one attached hydrogen (secondary N) is 3. The minimum absolute atomic E-state index is 0.0665. The maximum atomic E-state index is 12.1. The van der Waals surface area contributed by atoms with Crippen LogP contribution in [0.15, 0.2) is 69.6 Å². The first kappa shape index (κ1) is 23.0. The molecule has 10 heteroatoms. The number of rotatable bonds is 6. The van der Waals surface area contributed by atoms with Crippen LogP contribution in [0.4, 0.5) is 0 Å². The average molecular weight is 567 g/mol. The highest BCUT2D eigenvalue weighted by Crippen LogP contribution is 2.32. The molecule has 0 fully saturated rings. The summed E-state index contributed by atoms with van der Waals surface area (Å²) in [5.74, 6) is 0.145. The quantitative estimate of drug-likeness (QED) is 0.310. The lowest BCUT2D eigenvalue weighted by molar-refractivity contribution is -0.124. The lowest BCUT2D eigenvalue weighted by Gasteiger charge is -2.13. The molecule has 3 aromatic carbocycles. The Bertz CT molecular complexity index is 1110. The van der Waals surface area contributed by atoms with Crippen LogP contribution in [0, 0.1) is 0 Å². The molecule has 31 heavy (non-hydrogen) atoms. The van der Waals surface area contributed by atoms with Crippen LogP contribution in [0.3, 0.4) is 0 Å². The Hall–Kier alpha value is -2.69. The predicted molar refractivity (Wildman–Crippen MR) is 129 cm³/mol. The van der Waals surface area contributed by atoms with Crippen molar-refractivity contribution in [2.75, 3.05) is 13.2 Å². The Morgan fingerprint density at radius 3 is 2.32 bits per heavy atom. The van der Waals surface area contributed by atoms with Crippen molar-refractivity contribution >= 4 is 71.8 Å². The Labute approximate surface area is 200 Å². The molecule has 3 aromatic rings. The maximum absolute atomic E-state index is 12.1.